The number of likely N-dealkylation sites (N-methyl/N-ethyl adjacent to an activating group) is 1. The third-order valence-electron chi connectivity index (χ3n) is 4.03. The number of carbonyl (C=O) groups is 2. The van der Waals surface area contributed by atoms with E-state index in [4.69, 9.17) is 4.74 Å². The Morgan fingerprint density at radius 1 is 1.17 bits per heavy atom. The minimum Gasteiger partial charge on any atom is -0.495 e. The van der Waals surface area contributed by atoms with Crippen LogP contribution in [0.15, 0.2) is 24.3 Å². The normalized spacial score (nSPS) is 14.7. The molecule has 24 heavy (non-hydrogen) atoms. The molecule has 0 bridgehead atoms. The number of rotatable bonds is 5. The predicted octanol–water partition coefficient (Wildman–Crippen LogP) is 0.0216. The van der Waals surface area contributed by atoms with E-state index in [2.05, 4.69) is 10.2 Å². The Balaban J connectivity index is 1.85. The molecule has 2 rings (SSSR count). The van der Waals surface area contributed by atoms with Crippen LogP contribution in [-0.4, -0.2) is 82.1 Å². The second kappa shape index (κ2) is 8.54. The van der Waals surface area contributed by atoms with E-state index in [1.165, 1.54) is 0 Å². The molecular weight excluding hydrogens is 308 g/mol. The fourth-order valence-corrected chi connectivity index (χ4v) is 2.65. The van der Waals surface area contributed by atoms with Gasteiger partial charge in [0.25, 0.3) is 0 Å². The highest BCUT2D eigenvalue weighted by molar-refractivity contribution is 6.35. The molecule has 0 aliphatic carbocycles. The molecule has 0 aromatic heterocycles. The van der Waals surface area contributed by atoms with Gasteiger partial charge in [0.15, 0.2) is 0 Å². The maximum atomic E-state index is 12.2. The summed E-state index contributed by atoms with van der Waals surface area (Å²) >= 11 is 0. The number of carbonyl (C=O) groups excluding carboxylic acids is 2. The van der Waals surface area contributed by atoms with Crippen molar-refractivity contribution < 1.29 is 14.3 Å². The Labute approximate surface area is 143 Å². The number of piperazine rings is 1. The summed E-state index contributed by atoms with van der Waals surface area (Å²) in [6.07, 6.45) is 0. The van der Waals surface area contributed by atoms with Gasteiger partial charge in [0.1, 0.15) is 5.75 Å². The molecule has 1 aromatic carbocycles. The maximum Gasteiger partial charge on any atom is 0.312 e. The third-order valence-corrected chi connectivity index (χ3v) is 4.03. The summed E-state index contributed by atoms with van der Waals surface area (Å²) in [5.74, 6) is -0.158. The first-order valence-electron chi connectivity index (χ1n) is 8.12. The fraction of sp³-hybridized carbons (Fsp3) is 0.529. The monoisotopic (exact) mass is 334 g/mol. The summed E-state index contributed by atoms with van der Waals surface area (Å²) in [5.41, 5.74) is 1.02. The zero-order chi connectivity index (χ0) is 17.5. The van der Waals surface area contributed by atoms with E-state index in [-0.39, 0.29) is 0 Å². The van der Waals surface area contributed by atoms with E-state index in [1.54, 1.807) is 12.0 Å². The first kappa shape index (κ1) is 18.1. The molecule has 0 atom stereocenters. The molecule has 0 spiro atoms. The summed E-state index contributed by atoms with van der Waals surface area (Å²) in [5, 5.41) is 2.67. The van der Waals surface area contributed by atoms with Crippen molar-refractivity contribution in [3.05, 3.63) is 24.3 Å². The Bertz CT molecular complexity index is 569. The molecule has 0 unspecified atom stereocenters. The van der Waals surface area contributed by atoms with Crippen molar-refractivity contribution in [1.82, 2.24) is 15.1 Å². The number of ether oxygens (including phenoxy) is 1. The van der Waals surface area contributed by atoms with Crippen molar-refractivity contribution in [1.29, 1.82) is 0 Å². The Morgan fingerprint density at radius 2 is 1.83 bits per heavy atom. The average Bonchev–Trinajstić information content (AvgIpc) is 2.60. The molecule has 0 radical (unpaired) electrons. The van der Waals surface area contributed by atoms with Crippen LogP contribution in [-0.2, 0) is 9.59 Å². The quantitative estimate of drug-likeness (QED) is 0.769. The molecule has 1 aliphatic heterocycles. The molecule has 1 fully saturated rings. The van der Waals surface area contributed by atoms with Crippen LogP contribution in [0.4, 0.5) is 5.69 Å². The van der Waals surface area contributed by atoms with Crippen molar-refractivity contribution in [3.8, 4) is 5.75 Å². The summed E-state index contributed by atoms with van der Waals surface area (Å²) in [7, 11) is 5.49. The number of para-hydroxylation sites is 2. The second-order valence-electron chi connectivity index (χ2n) is 6.01. The highest BCUT2D eigenvalue weighted by Crippen LogP contribution is 2.28. The summed E-state index contributed by atoms with van der Waals surface area (Å²) in [6.45, 7) is 3.59. The van der Waals surface area contributed by atoms with Crippen LogP contribution in [0.25, 0.3) is 0 Å². The third kappa shape index (κ3) is 4.61. The first-order valence-corrected chi connectivity index (χ1v) is 8.12. The van der Waals surface area contributed by atoms with Gasteiger partial charge in [-0.1, -0.05) is 12.1 Å². The van der Waals surface area contributed by atoms with Crippen molar-refractivity contribution in [2.45, 2.75) is 0 Å². The summed E-state index contributed by atoms with van der Waals surface area (Å²) in [4.78, 5) is 29.9. The lowest BCUT2D eigenvalue weighted by molar-refractivity contribution is -0.146. The highest BCUT2D eigenvalue weighted by Gasteiger charge is 2.26. The Hall–Kier alpha value is -2.28. The first-order chi connectivity index (χ1) is 11.5. The predicted molar refractivity (Wildman–Crippen MR) is 93.4 cm³/mol. The van der Waals surface area contributed by atoms with Gasteiger partial charge in [-0.25, -0.2) is 0 Å². The molecule has 132 valence electrons. The van der Waals surface area contributed by atoms with Crippen LogP contribution in [0.1, 0.15) is 0 Å². The van der Waals surface area contributed by atoms with Crippen LogP contribution in [0.3, 0.4) is 0 Å². The van der Waals surface area contributed by atoms with Crippen molar-refractivity contribution >= 4 is 17.5 Å². The minimum atomic E-state index is -0.525. The maximum absolute atomic E-state index is 12.2. The standard InChI is InChI=1S/C17H26N4O3/c1-19(2)9-8-18-16(22)17(23)21-12-10-20(11-13-21)14-6-4-5-7-15(14)24-3/h4-7H,8-13H2,1-3H3,(H,18,22). The number of amides is 2. The van der Waals surface area contributed by atoms with Crippen LogP contribution < -0.4 is 15.0 Å². The number of anilines is 1. The van der Waals surface area contributed by atoms with Crippen LogP contribution in [0.2, 0.25) is 0 Å². The molecule has 1 heterocycles. The highest BCUT2D eigenvalue weighted by atomic mass is 16.5. The lowest BCUT2D eigenvalue weighted by atomic mass is 10.2. The number of hydrogen-bond acceptors (Lipinski definition) is 5. The van der Waals surface area contributed by atoms with Gasteiger partial charge in [0.05, 0.1) is 12.8 Å². The van der Waals surface area contributed by atoms with E-state index in [0.717, 1.165) is 11.4 Å². The van der Waals surface area contributed by atoms with Crippen molar-refractivity contribution in [2.75, 3.05) is 65.4 Å². The fourth-order valence-electron chi connectivity index (χ4n) is 2.65. The second-order valence-corrected chi connectivity index (χ2v) is 6.01. The van der Waals surface area contributed by atoms with Gasteiger partial charge in [-0.3, -0.25) is 9.59 Å². The Morgan fingerprint density at radius 3 is 2.46 bits per heavy atom. The molecule has 7 nitrogen and oxygen atoms in total. The number of methoxy groups -OCH3 is 1. The molecule has 1 aromatic rings. The smallest absolute Gasteiger partial charge is 0.312 e. The van der Waals surface area contributed by atoms with Gasteiger partial charge in [0.2, 0.25) is 0 Å². The largest absolute Gasteiger partial charge is 0.495 e. The molecule has 2 amide bonds. The average molecular weight is 334 g/mol. The SMILES string of the molecule is COc1ccccc1N1CCN(C(=O)C(=O)NCCN(C)C)CC1. The van der Waals surface area contributed by atoms with E-state index in [1.807, 2.05) is 43.3 Å². The number of nitrogens with zero attached hydrogens (tertiary/aromatic N) is 3. The molecule has 1 saturated heterocycles. The van der Waals surface area contributed by atoms with E-state index >= 15 is 0 Å². The molecule has 7 heteroatoms. The van der Waals surface area contributed by atoms with Crippen molar-refractivity contribution in [3.63, 3.8) is 0 Å². The number of benzene rings is 1. The van der Waals surface area contributed by atoms with Crippen molar-refractivity contribution in [2.24, 2.45) is 0 Å². The molecule has 1 N–H and O–H groups in total. The molecule has 0 saturated carbocycles. The van der Waals surface area contributed by atoms with Crippen LogP contribution in [0.5, 0.6) is 5.75 Å². The van der Waals surface area contributed by atoms with Crippen LogP contribution >= 0.6 is 0 Å². The van der Waals surface area contributed by atoms with Gasteiger partial charge in [0, 0.05) is 39.3 Å². The molecule has 1 aliphatic rings. The van der Waals surface area contributed by atoms with E-state index in [9.17, 15) is 9.59 Å². The Kier molecular flexibility index (Phi) is 6.43. The summed E-state index contributed by atoms with van der Waals surface area (Å²) in [6, 6.07) is 7.82. The van der Waals surface area contributed by atoms with Gasteiger partial charge in [-0.05, 0) is 26.2 Å². The van der Waals surface area contributed by atoms with Gasteiger partial charge in [-0.2, -0.15) is 0 Å². The van der Waals surface area contributed by atoms with E-state index in [0.29, 0.717) is 39.3 Å². The zero-order valence-electron chi connectivity index (χ0n) is 14.6. The minimum absolute atomic E-state index is 0.451. The number of hydrogen-bond donors (Lipinski definition) is 1. The lowest BCUT2D eigenvalue weighted by Gasteiger charge is -2.36. The van der Waals surface area contributed by atoms with Gasteiger partial charge < -0.3 is 24.8 Å². The molecular formula is C17H26N4O3. The van der Waals surface area contributed by atoms with Gasteiger partial charge in [-0.15, -0.1) is 0 Å². The zero-order valence-corrected chi connectivity index (χ0v) is 14.6. The summed E-state index contributed by atoms with van der Waals surface area (Å²) < 4.78 is 5.38. The lowest BCUT2D eigenvalue weighted by Crippen LogP contribution is -2.53. The topological polar surface area (TPSA) is 65.1 Å². The number of nitrogens with one attached hydrogen (secondary N) is 1. The van der Waals surface area contributed by atoms with E-state index < -0.39 is 11.8 Å². The van der Waals surface area contributed by atoms with Crippen LogP contribution in [0, 0.1) is 0 Å². The van der Waals surface area contributed by atoms with Gasteiger partial charge >= 0.3 is 11.8 Å².